The van der Waals surface area contributed by atoms with Crippen LogP contribution in [0.25, 0.3) is 0 Å². The van der Waals surface area contributed by atoms with Gasteiger partial charge in [0.25, 0.3) is 6.43 Å². The van der Waals surface area contributed by atoms with Crippen molar-refractivity contribution in [3.63, 3.8) is 0 Å². The molecule has 0 aromatic rings. The fourth-order valence-corrected chi connectivity index (χ4v) is 5.21. The smallest absolute Gasteiger partial charge is 0.251 e. The third-order valence-electron chi connectivity index (χ3n) is 6.85. The van der Waals surface area contributed by atoms with Crippen LogP contribution in [0.2, 0.25) is 0 Å². The largest absolute Gasteiger partial charge is 0.357 e. The van der Waals surface area contributed by atoms with Crippen LogP contribution in [0.15, 0.2) is 4.99 Å². The molecule has 3 rings (SSSR count). The summed E-state index contributed by atoms with van der Waals surface area (Å²) < 4.78 is 25.1. The van der Waals surface area contributed by atoms with E-state index in [-0.39, 0.29) is 30.5 Å². The molecule has 30 heavy (non-hydrogen) atoms. The number of guanidine groups is 1. The predicted molar refractivity (Wildman–Crippen MR) is 131 cm³/mol. The minimum absolute atomic E-state index is 0. The predicted octanol–water partition coefficient (Wildman–Crippen LogP) is 3.93. The van der Waals surface area contributed by atoms with Gasteiger partial charge in [-0.1, -0.05) is 19.3 Å². The first kappa shape index (κ1) is 26.0. The Balaban J connectivity index is 0.00000320. The Bertz CT molecular complexity index is 494. The van der Waals surface area contributed by atoms with Crippen LogP contribution in [0.1, 0.15) is 64.7 Å². The number of hydrogen-bond donors (Lipinski definition) is 2. The Morgan fingerprint density at radius 1 is 1.00 bits per heavy atom. The molecule has 176 valence electrons. The second kappa shape index (κ2) is 14.0. The molecule has 2 aliphatic heterocycles. The molecule has 0 amide bonds. The molecule has 3 fully saturated rings. The van der Waals surface area contributed by atoms with Crippen LogP contribution in [0.5, 0.6) is 0 Å². The van der Waals surface area contributed by atoms with Crippen molar-refractivity contribution in [2.45, 2.75) is 83.2 Å². The van der Waals surface area contributed by atoms with E-state index in [2.05, 4.69) is 22.5 Å². The fraction of sp³-hybridized carbons (Fsp3) is 0.955. The molecule has 0 aromatic heterocycles. The van der Waals surface area contributed by atoms with Gasteiger partial charge in [0, 0.05) is 38.3 Å². The van der Waals surface area contributed by atoms with Crippen LogP contribution in [0.4, 0.5) is 8.78 Å². The van der Waals surface area contributed by atoms with Gasteiger partial charge in [0.05, 0.1) is 13.1 Å². The SMILES string of the molecule is CCNC(=NCC1CCCN1CC1CCCCC1)NC1CCN(CC(F)F)CC1.I. The normalized spacial score (nSPS) is 25.5. The van der Waals surface area contributed by atoms with Gasteiger partial charge in [0.1, 0.15) is 0 Å². The number of aliphatic imine (C=N–C) groups is 1. The molecule has 0 radical (unpaired) electrons. The number of nitrogens with one attached hydrogen (secondary N) is 2. The minimum atomic E-state index is -2.23. The molecular formula is C22H42F2IN5. The van der Waals surface area contributed by atoms with Crippen molar-refractivity contribution in [2.75, 3.05) is 45.8 Å². The van der Waals surface area contributed by atoms with Gasteiger partial charge in [-0.25, -0.2) is 8.78 Å². The molecule has 2 saturated heterocycles. The lowest BCUT2D eigenvalue weighted by Crippen LogP contribution is -2.49. The molecule has 1 atom stereocenters. The molecule has 0 aromatic carbocycles. The topological polar surface area (TPSA) is 42.9 Å². The summed E-state index contributed by atoms with van der Waals surface area (Å²) in [6.07, 6.45) is 9.15. The van der Waals surface area contributed by atoms with Gasteiger partial charge in [0.2, 0.25) is 0 Å². The fourth-order valence-electron chi connectivity index (χ4n) is 5.21. The number of likely N-dealkylation sites (tertiary alicyclic amines) is 2. The summed E-state index contributed by atoms with van der Waals surface area (Å²) in [5.74, 6) is 1.78. The second-order valence-corrected chi connectivity index (χ2v) is 9.12. The molecule has 1 saturated carbocycles. The number of alkyl halides is 2. The Labute approximate surface area is 198 Å². The van der Waals surface area contributed by atoms with Crippen LogP contribution in [-0.2, 0) is 0 Å². The van der Waals surface area contributed by atoms with Crippen LogP contribution in [0.3, 0.4) is 0 Å². The van der Waals surface area contributed by atoms with Crippen molar-refractivity contribution in [1.29, 1.82) is 0 Å². The van der Waals surface area contributed by atoms with Gasteiger partial charge in [-0.05, 0) is 57.9 Å². The number of hydrogen-bond acceptors (Lipinski definition) is 3. The first-order chi connectivity index (χ1) is 14.1. The lowest BCUT2D eigenvalue weighted by molar-refractivity contribution is 0.0744. The van der Waals surface area contributed by atoms with Gasteiger partial charge in [0.15, 0.2) is 5.96 Å². The number of piperidine rings is 1. The highest BCUT2D eigenvalue weighted by Gasteiger charge is 2.27. The maximum absolute atomic E-state index is 12.6. The average molecular weight is 542 g/mol. The van der Waals surface area contributed by atoms with E-state index in [1.165, 1.54) is 58.0 Å². The van der Waals surface area contributed by atoms with Crippen molar-refractivity contribution in [3.05, 3.63) is 0 Å². The molecule has 5 nitrogen and oxygen atoms in total. The molecule has 0 bridgehead atoms. The number of halogens is 3. The summed E-state index contributed by atoms with van der Waals surface area (Å²) in [6, 6.07) is 0.893. The highest BCUT2D eigenvalue weighted by molar-refractivity contribution is 14.0. The Kier molecular flexibility index (Phi) is 12.2. The molecule has 2 heterocycles. The molecule has 8 heteroatoms. The molecule has 1 aliphatic carbocycles. The van der Waals surface area contributed by atoms with E-state index < -0.39 is 6.43 Å². The summed E-state index contributed by atoms with van der Waals surface area (Å²) in [7, 11) is 0. The zero-order valence-electron chi connectivity index (χ0n) is 18.6. The lowest BCUT2D eigenvalue weighted by Gasteiger charge is -2.33. The molecule has 0 spiro atoms. The number of rotatable bonds is 8. The van der Waals surface area contributed by atoms with Crippen molar-refractivity contribution in [1.82, 2.24) is 20.4 Å². The zero-order chi connectivity index (χ0) is 20.5. The summed E-state index contributed by atoms with van der Waals surface area (Å²) in [5, 5.41) is 6.94. The van der Waals surface area contributed by atoms with E-state index in [4.69, 9.17) is 4.99 Å². The van der Waals surface area contributed by atoms with Gasteiger partial charge in [-0.3, -0.25) is 14.8 Å². The second-order valence-electron chi connectivity index (χ2n) is 9.12. The Morgan fingerprint density at radius 2 is 1.73 bits per heavy atom. The molecule has 3 aliphatic rings. The maximum Gasteiger partial charge on any atom is 0.251 e. The van der Waals surface area contributed by atoms with Gasteiger partial charge >= 0.3 is 0 Å². The zero-order valence-corrected chi connectivity index (χ0v) is 21.0. The molecular weight excluding hydrogens is 499 g/mol. The Hall–Kier alpha value is -0.220. The van der Waals surface area contributed by atoms with Gasteiger partial charge in [-0.15, -0.1) is 24.0 Å². The van der Waals surface area contributed by atoms with Crippen molar-refractivity contribution >= 4 is 29.9 Å². The number of nitrogens with zero attached hydrogens (tertiary/aromatic N) is 3. The van der Waals surface area contributed by atoms with Crippen LogP contribution in [0, 0.1) is 5.92 Å². The third kappa shape index (κ3) is 8.73. The quantitative estimate of drug-likeness (QED) is 0.278. The van der Waals surface area contributed by atoms with E-state index in [1.807, 2.05) is 4.90 Å². The van der Waals surface area contributed by atoms with Crippen LogP contribution in [-0.4, -0.2) is 80.1 Å². The molecule has 2 N–H and O–H groups in total. The van der Waals surface area contributed by atoms with E-state index in [9.17, 15) is 8.78 Å². The van der Waals surface area contributed by atoms with E-state index in [1.54, 1.807) is 0 Å². The van der Waals surface area contributed by atoms with E-state index in [0.29, 0.717) is 12.1 Å². The van der Waals surface area contributed by atoms with Crippen LogP contribution < -0.4 is 10.6 Å². The first-order valence-corrected chi connectivity index (χ1v) is 11.9. The van der Waals surface area contributed by atoms with Crippen molar-refractivity contribution in [2.24, 2.45) is 10.9 Å². The third-order valence-corrected chi connectivity index (χ3v) is 6.85. The Morgan fingerprint density at radius 3 is 2.40 bits per heavy atom. The van der Waals surface area contributed by atoms with Gasteiger partial charge < -0.3 is 10.6 Å². The minimum Gasteiger partial charge on any atom is -0.357 e. The van der Waals surface area contributed by atoms with E-state index >= 15 is 0 Å². The first-order valence-electron chi connectivity index (χ1n) is 11.9. The summed E-state index contributed by atoms with van der Waals surface area (Å²) in [5.41, 5.74) is 0. The molecule has 1 unspecified atom stereocenters. The van der Waals surface area contributed by atoms with Gasteiger partial charge in [-0.2, -0.15) is 0 Å². The summed E-state index contributed by atoms with van der Waals surface area (Å²) in [6.45, 7) is 7.64. The average Bonchev–Trinajstić information content (AvgIpc) is 3.15. The van der Waals surface area contributed by atoms with Crippen molar-refractivity contribution < 1.29 is 8.78 Å². The maximum atomic E-state index is 12.6. The summed E-state index contributed by atoms with van der Waals surface area (Å²) in [4.78, 5) is 9.48. The van der Waals surface area contributed by atoms with Crippen molar-refractivity contribution in [3.8, 4) is 0 Å². The monoisotopic (exact) mass is 541 g/mol. The summed E-state index contributed by atoms with van der Waals surface area (Å²) >= 11 is 0. The standard InChI is InChI=1S/C22H41F2N5.HI/c1-2-25-22(27-19-10-13-28(14-11-19)17-21(23)24)26-15-20-9-6-12-29(20)16-18-7-4-3-5-8-18;/h18-21H,2-17H2,1H3,(H2,25,26,27);1H. The van der Waals surface area contributed by atoms with Crippen LogP contribution >= 0.6 is 24.0 Å². The highest BCUT2D eigenvalue weighted by atomic mass is 127. The highest BCUT2D eigenvalue weighted by Crippen LogP contribution is 2.27. The lowest BCUT2D eigenvalue weighted by atomic mass is 9.89. The van der Waals surface area contributed by atoms with E-state index in [0.717, 1.165) is 50.9 Å².